The lowest BCUT2D eigenvalue weighted by molar-refractivity contribution is 0.654. The minimum absolute atomic E-state index is 0.683. The van der Waals surface area contributed by atoms with Crippen LogP contribution in [0.5, 0.6) is 0 Å². The first-order chi connectivity index (χ1) is 13.7. The van der Waals surface area contributed by atoms with Gasteiger partial charge in [-0.05, 0) is 30.3 Å². The van der Waals surface area contributed by atoms with E-state index >= 15 is 0 Å². The first kappa shape index (κ1) is 16.6. The first-order valence-corrected chi connectivity index (χ1v) is 9.42. The SMILES string of the molecule is Cn1ncc2ccc(N3CCN(c4cncc5ccc(C#N)cc45)CC3)cc21. The number of rotatable bonds is 2. The van der Waals surface area contributed by atoms with Crippen molar-refractivity contribution >= 4 is 33.1 Å². The molecule has 4 aromatic rings. The molecule has 0 unspecified atom stereocenters. The summed E-state index contributed by atoms with van der Waals surface area (Å²) in [5.74, 6) is 0. The average Bonchev–Trinajstić information content (AvgIpc) is 3.13. The number of benzene rings is 2. The van der Waals surface area contributed by atoms with Gasteiger partial charge in [0.15, 0.2) is 0 Å². The predicted octanol–water partition coefficient (Wildman–Crippen LogP) is 3.32. The molecule has 1 saturated heterocycles. The van der Waals surface area contributed by atoms with Crippen molar-refractivity contribution in [2.24, 2.45) is 7.05 Å². The molecule has 138 valence electrons. The van der Waals surface area contributed by atoms with Gasteiger partial charge in [-0.15, -0.1) is 0 Å². The maximum Gasteiger partial charge on any atom is 0.0991 e. The van der Waals surface area contributed by atoms with Crippen molar-refractivity contribution in [1.82, 2.24) is 14.8 Å². The Morgan fingerprint density at radius 1 is 0.893 bits per heavy atom. The zero-order valence-electron chi connectivity index (χ0n) is 15.7. The normalized spacial score (nSPS) is 14.6. The molecule has 6 heteroatoms. The number of pyridine rings is 1. The Morgan fingerprint density at radius 2 is 1.68 bits per heavy atom. The molecule has 1 fully saturated rings. The zero-order valence-corrected chi connectivity index (χ0v) is 15.7. The Labute approximate surface area is 163 Å². The maximum absolute atomic E-state index is 9.25. The van der Waals surface area contributed by atoms with Gasteiger partial charge in [-0.3, -0.25) is 9.67 Å². The van der Waals surface area contributed by atoms with Crippen LogP contribution in [0.2, 0.25) is 0 Å². The Kier molecular flexibility index (Phi) is 3.87. The lowest BCUT2D eigenvalue weighted by atomic mass is 10.1. The first-order valence-electron chi connectivity index (χ1n) is 9.42. The van der Waals surface area contributed by atoms with E-state index in [1.165, 1.54) is 11.1 Å². The molecular weight excluding hydrogens is 348 g/mol. The van der Waals surface area contributed by atoms with Gasteiger partial charge in [0.25, 0.3) is 0 Å². The fourth-order valence-corrected chi connectivity index (χ4v) is 4.00. The van der Waals surface area contributed by atoms with Gasteiger partial charge in [0.2, 0.25) is 0 Å². The van der Waals surface area contributed by atoms with E-state index in [-0.39, 0.29) is 0 Å². The summed E-state index contributed by atoms with van der Waals surface area (Å²) in [5, 5.41) is 16.9. The summed E-state index contributed by atoms with van der Waals surface area (Å²) in [7, 11) is 1.98. The molecule has 6 nitrogen and oxygen atoms in total. The van der Waals surface area contributed by atoms with Gasteiger partial charge in [0.1, 0.15) is 0 Å². The predicted molar refractivity (Wildman–Crippen MR) is 112 cm³/mol. The van der Waals surface area contributed by atoms with Crippen LogP contribution in [0.15, 0.2) is 55.0 Å². The van der Waals surface area contributed by atoms with Crippen LogP contribution in [0.3, 0.4) is 0 Å². The van der Waals surface area contributed by atoms with Gasteiger partial charge in [-0.25, -0.2) is 0 Å². The minimum Gasteiger partial charge on any atom is -0.368 e. The molecule has 0 saturated carbocycles. The molecule has 0 atom stereocenters. The number of hydrogen-bond acceptors (Lipinski definition) is 5. The number of fused-ring (bicyclic) bond motifs is 2. The van der Waals surface area contributed by atoms with E-state index in [0.29, 0.717) is 5.56 Å². The van der Waals surface area contributed by atoms with Crippen molar-refractivity contribution in [2.75, 3.05) is 36.0 Å². The van der Waals surface area contributed by atoms with Gasteiger partial charge in [-0.1, -0.05) is 6.07 Å². The van der Waals surface area contributed by atoms with Gasteiger partial charge >= 0.3 is 0 Å². The molecule has 2 aromatic heterocycles. The molecule has 1 aliphatic heterocycles. The van der Waals surface area contributed by atoms with Gasteiger partial charge in [0, 0.05) is 61.3 Å². The molecule has 0 radical (unpaired) electrons. The second-order valence-corrected chi connectivity index (χ2v) is 7.19. The van der Waals surface area contributed by atoms with Crippen molar-refractivity contribution in [2.45, 2.75) is 0 Å². The van der Waals surface area contributed by atoms with Gasteiger partial charge in [-0.2, -0.15) is 10.4 Å². The Morgan fingerprint density at radius 3 is 2.50 bits per heavy atom. The average molecular weight is 368 g/mol. The molecule has 28 heavy (non-hydrogen) atoms. The van der Waals surface area contributed by atoms with Crippen LogP contribution in [-0.4, -0.2) is 40.9 Å². The minimum atomic E-state index is 0.683. The monoisotopic (exact) mass is 368 g/mol. The standard InChI is InChI=1S/C22H20N6/c1-26-21-11-19(5-4-18(21)14-25-26)27-6-8-28(9-7-27)22-15-24-13-17-3-2-16(12-23)10-20(17)22/h2-5,10-11,13-15H,6-9H2,1H3. The van der Waals surface area contributed by atoms with Crippen LogP contribution >= 0.6 is 0 Å². The third-order valence-corrected chi connectivity index (χ3v) is 5.59. The van der Waals surface area contributed by atoms with E-state index in [9.17, 15) is 5.26 Å². The summed E-state index contributed by atoms with van der Waals surface area (Å²) in [6.07, 6.45) is 5.68. The molecule has 3 heterocycles. The summed E-state index contributed by atoms with van der Waals surface area (Å²) >= 11 is 0. The molecule has 5 rings (SSSR count). The third-order valence-electron chi connectivity index (χ3n) is 5.59. The largest absolute Gasteiger partial charge is 0.368 e. The number of hydrogen-bond donors (Lipinski definition) is 0. The van der Waals surface area contributed by atoms with E-state index in [2.05, 4.69) is 44.2 Å². The molecule has 0 bridgehead atoms. The molecule has 0 N–H and O–H groups in total. The highest BCUT2D eigenvalue weighted by Crippen LogP contribution is 2.29. The highest BCUT2D eigenvalue weighted by atomic mass is 15.3. The summed E-state index contributed by atoms with van der Waals surface area (Å²) < 4.78 is 1.92. The van der Waals surface area contributed by atoms with Crippen molar-refractivity contribution in [3.8, 4) is 6.07 Å². The number of piperazine rings is 1. The second kappa shape index (κ2) is 6.54. The van der Waals surface area contributed by atoms with Crippen LogP contribution < -0.4 is 9.80 Å². The Hall–Kier alpha value is -3.59. The molecule has 0 spiro atoms. The molecule has 0 amide bonds. The van der Waals surface area contributed by atoms with Crippen LogP contribution in [-0.2, 0) is 7.05 Å². The van der Waals surface area contributed by atoms with Crippen LogP contribution in [0.4, 0.5) is 11.4 Å². The van der Waals surface area contributed by atoms with Crippen LogP contribution in [0.1, 0.15) is 5.56 Å². The van der Waals surface area contributed by atoms with Crippen LogP contribution in [0, 0.1) is 11.3 Å². The third kappa shape index (κ3) is 2.72. The molecule has 2 aromatic carbocycles. The van der Waals surface area contributed by atoms with Crippen molar-refractivity contribution in [3.05, 3.63) is 60.6 Å². The second-order valence-electron chi connectivity index (χ2n) is 7.19. The number of aryl methyl sites for hydroxylation is 1. The summed E-state index contributed by atoms with van der Waals surface area (Å²) in [5.41, 5.74) is 4.18. The van der Waals surface area contributed by atoms with E-state index in [1.807, 2.05) is 48.5 Å². The fourth-order valence-electron chi connectivity index (χ4n) is 4.00. The van der Waals surface area contributed by atoms with Crippen LogP contribution in [0.25, 0.3) is 21.7 Å². The van der Waals surface area contributed by atoms with Gasteiger partial charge in [0.05, 0.1) is 35.2 Å². The lowest BCUT2D eigenvalue weighted by Gasteiger charge is -2.37. The summed E-state index contributed by atoms with van der Waals surface area (Å²) in [6.45, 7) is 3.72. The molecule has 1 aliphatic rings. The number of aromatic nitrogens is 3. The highest BCUT2D eigenvalue weighted by molar-refractivity contribution is 5.94. The highest BCUT2D eigenvalue weighted by Gasteiger charge is 2.20. The van der Waals surface area contributed by atoms with E-state index in [1.54, 1.807) is 0 Å². The molecular formula is C22H20N6. The lowest BCUT2D eigenvalue weighted by Crippen LogP contribution is -2.46. The van der Waals surface area contributed by atoms with E-state index in [0.717, 1.165) is 48.2 Å². The topological polar surface area (TPSA) is 61.0 Å². The maximum atomic E-state index is 9.25. The van der Waals surface area contributed by atoms with Crippen molar-refractivity contribution < 1.29 is 0 Å². The quantitative estimate of drug-likeness (QED) is 0.543. The summed E-state index contributed by atoms with van der Waals surface area (Å²) in [4.78, 5) is 9.20. The number of nitrogens with zero attached hydrogens (tertiary/aromatic N) is 6. The van der Waals surface area contributed by atoms with E-state index < -0.39 is 0 Å². The molecule has 0 aliphatic carbocycles. The number of nitriles is 1. The smallest absolute Gasteiger partial charge is 0.0991 e. The van der Waals surface area contributed by atoms with Gasteiger partial charge < -0.3 is 9.80 Å². The zero-order chi connectivity index (χ0) is 19.1. The fraction of sp³-hybridized carbons (Fsp3) is 0.227. The van der Waals surface area contributed by atoms with E-state index in [4.69, 9.17) is 0 Å². The summed E-state index contributed by atoms with van der Waals surface area (Å²) in [6, 6.07) is 14.6. The van der Waals surface area contributed by atoms with Crippen molar-refractivity contribution in [3.63, 3.8) is 0 Å². The van der Waals surface area contributed by atoms with Crippen molar-refractivity contribution in [1.29, 1.82) is 5.26 Å². The Balaban J connectivity index is 1.40. The number of anilines is 2. The Bertz CT molecular complexity index is 1210.